The van der Waals surface area contributed by atoms with Gasteiger partial charge in [0.1, 0.15) is 6.10 Å². The van der Waals surface area contributed by atoms with E-state index in [1.165, 1.54) is 11.6 Å². The second-order valence-corrected chi connectivity index (χ2v) is 5.88. The Kier molecular flexibility index (Phi) is 5.20. The number of halogens is 1. The molecule has 0 aromatic heterocycles. The molecular formula is C16H19BrO2. The zero-order valence-corrected chi connectivity index (χ0v) is 12.7. The molecule has 19 heavy (non-hydrogen) atoms. The van der Waals surface area contributed by atoms with Crippen molar-refractivity contribution in [1.82, 2.24) is 0 Å². The van der Waals surface area contributed by atoms with Crippen LogP contribution in [-0.2, 0) is 9.53 Å². The first-order valence-electron chi connectivity index (χ1n) is 6.78. The molecule has 1 fully saturated rings. The van der Waals surface area contributed by atoms with E-state index in [0.717, 1.165) is 30.2 Å². The molecule has 0 N–H and O–H groups in total. The highest BCUT2D eigenvalue weighted by Gasteiger charge is 2.24. The minimum atomic E-state index is -0.213. The maximum absolute atomic E-state index is 11.4. The van der Waals surface area contributed by atoms with Gasteiger partial charge in [0.05, 0.1) is 0 Å². The molecule has 2 nitrogen and oxygen atoms in total. The summed E-state index contributed by atoms with van der Waals surface area (Å²) < 4.78 is 6.52. The molecule has 1 aromatic carbocycles. The molecule has 0 heterocycles. The molecule has 0 aliphatic heterocycles. The maximum atomic E-state index is 11.4. The number of carbonyl (C=O) groups is 1. The summed E-state index contributed by atoms with van der Waals surface area (Å²) in [6, 6.07) is 8.54. The Hall–Kier alpha value is -1.09. The van der Waals surface area contributed by atoms with Crippen LogP contribution in [0.1, 0.15) is 44.1 Å². The first kappa shape index (κ1) is 14.3. The van der Waals surface area contributed by atoms with Gasteiger partial charge in [0.25, 0.3) is 0 Å². The summed E-state index contributed by atoms with van der Waals surface area (Å²) in [5.41, 5.74) is 1.39. The molecule has 2 rings (SSSR count). The number of allylic oxidation sites excluding steroid dienone is 1. The fourth-order valence-corrected chi connectivity index (χ4v) is 2.85. The molecule has 1 saturated carbocycles. The van der Waals surface area contributed by atoms with Crippen LogP contribution in [0.3, 0.4) is 0 Å². The van der Waals surface area contributed by atoms with Gasteiger partial charge in [0.2, 0.25) is 0 Å². The lowest BCUT2D eigenvalue weighted by molar-refractivity contribution is -0.144. The number of benzene rings is 1. The number of ether oxygens (including phenoxy) is 1. The molecule has 1 aliphatic carbocycles. The molecule has 0 bridgehead atoms. The predicted molar refractivity (Wildman–Crippen MR) is 80.0 cm³/mol. The molecular weight excluding hydrogens is 304 g/mol. The van der Waals surface area contributed by atoms with Crippen molar-refractivity contribution in [3.05, 3.63) is 46.5 Å². The number of carbonyl (C=O) groups excluding carboxylic acids is 1. The van der Waals surface area contributed by atoms with Crippen molar-refractivity contribution in [1.29, 1.82) is 0 Å². The second-order valence-electron chi connectivity index (χ2n) is 4.96. The van der Waals surface area contributed by atoms with Gasteiger partial charge < -0.3 is 4.74 Å². The Morgan fingerprint density at radius 1 is 1.21 bits per heavy atom. The van der Waals surface area contributed by atoms with Crippen LogP contribution in [0.15, 0.2) is 40.9 Å². The lowest BCUT2D eigenvalue weighted by Crippen LogP contribution is -2.23. The molecule has 1 aromatic rings. The summed E-state index contributed by atoms with van der Waals surface area (Å²) in [5.74, 6) is 0.388. The molecule has 0 amide bonds. The van der Waals surface area contributed by atoms with Crippen LogP contribution in [-0.4, -0.2) is 12.1 Å². The van der Waals surface area contributed by atoms with E-state index in [1.54, 1.807) is 6.08 Å². The number of esters is 1. The van der Waals surface area contributed by atoms with E-state index in [2.05, 4.69) is 40.2 Å². The zero-order chi connectivity index (χ0) is 13.7. The minimum Gasteiger partial charge on any atom is -0.459 e. The molecule has 102 valence electrons. The Morgan fingerprint density at radius 2 is 1.84 bits per heavy atom. The van der Waals surface area contributed by atoms with E-state index >= 15 is 0 Å². The monoisotopic (exact) mass is 322 g/mol. The van der Waals surface area contributed by atoms with Crippen molar-refractivity contribution < 1.29 is 9.53 Å². The first-order chi connectivity index (χ1) is 9.19. The predicted octanol–water partition coefficient (Wildman–Crippen LogP) is 4.59. The third-order valence-corrected chi connectivity index (χ3v) is 4.13. The van der Waals surface area contributed by atoms with Gasteiger partial charge >= 0.3 is 5.97 Å². The van der Waals surface area contributed by atoms with Gasteiger partial charge in [-0.2, -0.15) is 0 Å². The van der Waals surface area contributed by atoms with Crippen LogP contribution in [0.4, 0.5) is 0 Å². The van der Waals surface area contributed by atoms with Crippen LogP contribution in [0.25, 0.3) is 0 Å². The lowest BCUT2D eigenvalue weighted by atomic mass is 9.83. The van der Waals surface area contributed by atoms with Gasteiger partial charge in [-0.05, 0) is 56.2 Å². The van der Waals surface area contributed by atoms with E-state index in [4.69, 9.17) is 4.74 Å². The molecule has 0 radical (unpaired) electrons. The first-order valence-corrected chi connectivity index (χ1v) is 7.57. The van der Waals surface area contributed by atoms with Crippen molar-refractivity contribution in [2.24, 2.45) is 0 Å². The van der Waals surface area contributed by atoms with E-state index in [1.807, 2.05) is 6.92 Å². The Balaban J connectivity index is 1.85. The van der Waals surface area contributed by atoms with Gasteiger partial charge in [0, 0.05) is 10.5 Å². The van der Waals surface area contributed by atoms with Crippen molar-refractivity contribution in [3.8, 4) is 0 Å². The Labute approximate surface area is 123 Å². The van der Waals surface area contributed by atoms with Gasteiger partial charge in [-0.3, -0.25) is 0 Å². The fraction of sp³-hybridized carbons (Fsp3) is 0.438. The third kappa shape index (κ3) is 4.20. The largest absolute Gasteiger partial charge is 0.459 e. The third-order valence-electron chi connectivity index (χ3n) is 3.60. The standard InChI is InChI=1S/C16H19BrO2/c1-2-3-16(18)19-15-10-6-13(7-11-15)12-4-8-14(17)9-5-12/h2-5,8-9,13,15H,6-7,10-11H2,1H3/b3-2+. The zero-order valence-electron chi connectivity index (χ0n) is 11.1. The highest BCUT2D eigenvalue weighted by Crippen LogP contribution is 2.34. The second kappa shape index (κ2) is 6.90. The summed E-state index contributed by atoms with van der Waals surface area (Å²) in [7, 11) is 0. The van der Waals surface area contributed by atoms with Gasteiger partial charge in [-0.1, -0.05) is 34.1 Å². The lowest BCUT2D eigenvalue weighted by Gasteiger charge is -2.28. The molecule has 3 heteroatoms. The van der Waals surface area contributed by atoms with Crippen LogP contribution in [0, 0.1) is 0 Å². The SMILES string of the molecule is C/C=C/C(=O)OC1CCC(c2ccc(Br)cc2)CC1. The van der Waals surface area contributed by atoms with E-state index in [9.17, 15) is 4.79 Å². The number of rotatable bonds is 3. The average molecular weight is 323 g/mol. The highest BCUT2D eigenvalue weighted by molar-refractivity contribution is 9.10. The van der Waals surface area contributed by atoms with Crippen LogP contribution in [0.2, 0.25) is 0 Å². The summed E-state index contributed by atoms with van der Waals surface area (Å²) in [5, 5.41) is 0. The number of hydrogen-bond donors (Lipinski definition) is 0. The molecule has 0 unspecified atom stereocenters. The van der Waals surface area contributed by atoms with E-state index < -0.39 is 0 Å². The quantitative estimate of drug-likeness (QED) is 0.600. The van der Waals surface area contributed by atoms with Gasteiger partial charge in [-0.25, -0.2) is 4.79 Å². The topological polar surface area (TPSA) is 26.3 Å². The maximum Gasteiger partial charge on any atom is 0.330 e. The summed E-state index contributed by atoms with van der Waals surface area (Å²) in [6.45, 7) is 1.83. The summed E-state index contributed by atoms with van der Waals surface area (Å²) in [6.07, 6.45) is 7.41. The minimum absolute atomic E-state index is 0.0930. The Bertz CT molecular complexity index is 442. The van der Waals surface area contributed by atoms with Crippen molar-refractivity contribution in [2.75, 3.05) is 0 Å². The van der Waals surface area contributed by atoms with Crippen LogP contribution in [0.5, 0.6) is 0 Å². The van der Waals surface area contributed by atoms with Crippen molar-refractivity contribution in [2.45, 2.75) is 44.6 Å². The van der Waals surface area contributed by atoms with Crippen molar-refractivity contribution in [3.63, 3.8) is 0 Å². The van der Waals surface area contributed by atoms with Crippen LogP contribution >= 0.6 is 15.9 Å². The van der Waals surface area contributed by atoms with Crippen molar-refractivity contribution >= 4 is 21.9 Å². The van der Waals surface area contributed by atoms with Gasteiger partial charge in [-0.15, -0.1) is 0 Å². The summed E-state index contributed by atoms with van der Waals surface area (Å²) in [4.78, 5) is 11.4. The Morgan fingerprint density at radius 3 is 2.42 bits per heavy atom. The highest BCUT2D eigenvalue weighted by atomic mass is 79.9. The average Bonchev–Trinajstić information content (AvgIpc) is 2.41. The van der Waals surface area contributed by atoms with Gasteiger partial charge in [0.15, 0.2) is 0 Å². The smallest absolute Gasteiger partial charge is 0.330 e. The molecule has 1 aliphatic rings. The molecule has 0 atom stereocenters. The van der Waals surface area contributed by atoms with E-state index in [-0.39, 0.29) is 12.1 Å². The summed E-state index contributed by atoms with van der Waals surface area (Å²) >= 11 is 3.46. The molecule has 0 spiro atoms. The van der Waals surface area contributed by atoms with E-state index in [0.29, 0.717) is 5.92 Å². The molecule has 0 saturated heterocycles. The van der Waals surface area contributed by atoms with Crippen LogP contribution < -0.4 is 0 Å². The normalized spacial score (nSPS) is 23.5. The fourth-order valence-electron chi connectivity index (χ4n) is 2.59. The number of hydrogen-bond acceptors (Lipinski definition) is 2.